The van der Waals surface area contributed by atoms with Crippen LogP contribution in [0.25, 0.3) is 66.4 Å². The molecule has 0 radical (unpaired) electrons. The van der Waals surface area contributed by atoms with Crippen LogP contribution >= 0.6 is 0 Å². The standard InChI is InChI=1S/C55H41N/c1-55(2)52-24-13-12-21-48(52)49-34-29-43(36-53(49)55)47-22-14-23-50-51(47)35-44(40-19-10-5-11-20-40)37-54(50)56(45-30-25-41(26-31-45)38-15-6-3-7-16-38)46-32-27-42(28-33-46)39-17-8-4-9-18-39/h3-37H,1-2H3. The van der Waals surface area contributed by atoms with Gasteiger partial charge in [-0.1, -0.05) is 184 Å². The van der Waals surface area contributed by atoms with E-state index >= 15 is 0 Å². The minimum atomic E-state index is -0.0818. The van der Waals surface area contributed by atoms with Gasteiger partial charge in [0.1, 0.15) is 0 Å². The van der Waals surface area contributed by atoms with Gasteiger partial charge in [-0.25, -0.2) is 0 Å². The molecule has 0 amide bonds. The second-order valence-electron chi connectivity index (χ2n) is 15.4. The lowest BCUT2D eigenvalue weighted by Gasteiger charge is -2.28. The molecule has 1 aliphatic rings. The van der Waals surface area contributed by atoms with Crippen molar-refractivity contribution in [2.75, 3.05) is 4.90 Å². The Balaban J connectivity index is 1.19. The lowest BCUT2D eigenvalue weighted by atomic mass is 9.81. The molecule has 56 heavy (non-hydrogen) atoms. The molecule has 9 aromatic rings. The van der Waals surface area contributed by atoms with Crippen LogP contribution in [0, 0.1) is 0 Å². The fourth-order valence-electron chi connectivity index (χ4n) is 8.77. The average Bonchev–Trinajstić information content (AvgIpc) is 3.50. The quantitative estimate of drug-likeness (QED) is 0.159. The first-order chi connectivity index (χ1) is 27.5. The topological polar surface area (TPSA) is 3.24 Å². The van der Waals surface area contributed by atoms with E-state index < -0.39 is 0 Å². The average molecular weight is 716 g/mol. The molecule has 1 nitrogen and oxygen atoms in total. The summed E-state index contributed by atoms with van der Waals surface area (Å²) in [6.45, 7) is 4.72. The van der Waals surface area contributed by atoms with Gasteiger partial charge in [0.05, 0.1) is 5.69 Å². The van der Waals surface area contributed by atoms with Crippen LogP contribution in [0.15, 0.2) is 212 Å². The van der Waals surface area contributed by atoms with Crippen LogP contribution in [0.3, 0.4) is 0 Å². The van der Waals surface area contributed by atoms with Crippen molar-refractivity contribution < 1.29 is 0 Å². The van der Waals surface area contributed by atoms with E-state index in [9.17, 15) is 0 Å². The number of nitrogens with zero attached hydrogens (tertiary/aromatic N) is 1. The van der Waals surface area contributed by atoms with Gasteiger partial charge in [0.25, 0.3) is 0 Å². The zero-order valence-corrected chi connectivity index (χ0v) is 31.7. The third-order valence-electron chi connectivity index (χ3n) is 11.7. The Morgan fingerprint density at radius 1 is 0.304 bits per heavy atom. The zero-order valence-electron chi connectivity index (χ0n) is 31.7. The van der Waals surface area contributed by atoms with E-state index in [0.717, 1.165) is 17.1 Å². The van der Waals surface area contributed by atoms with Crippen molar-refractivity contribution in [3.05, 3.63) is 223 Å². The lowest BCUT2D eigenvalue weighted by molar-refractivity contribution is 0.660. The van der Waals surface area contributed by atoms with E-state index in [1.165, 1.54) is 77.5 Å². The number of rotatable bonds is 7. The maximum Gasteiger partial charge on any atom is 0.0546 e. The van der Waals surface area contributed by atoms with E-state index in [1.54, 1.807) is 0 Å². The van der Waals surface area contributed by atoms with Crippen molar-refractivity contribution in [3.8, 4) is 55.6 Å². The highest BCUT2D eigenvalue weighted by Gasteiger charge is 2.35. The van der Waals surface area contributed by atoms with Crippen molar-refractivity contribution in [1.82, 2.24) is 0 Å². The Hall–Kier alpha value is -6.96. The van der Waals surface area contributed by atoms with Crippen molar-refractivity contribution in [1.29, 1.82) is 0 Å². The third-order valence-corrected chi connectivity index (χ3v) is 11.7. The number of hydrogen-bond donors (Lipinski definition) is 0. The van der Waals surface area contributed by atoms with Gasteiger partial charge in [-0.3, -0.25) is 0 Å². The molecule has 0 spiro atoms. The summed E-state index contributed by atoms with van der Waals surface area (Å²) in [6, 6.07) is 77.6. The Morgan fingerprint density at radius 2 is 0.768 bits per heavy atom. The van der Waals surface area contributed by atoms with Gasteiger partial charge in [-0.2, -0.15) is 0 Å². The van der Waals surface area contributed by atoms with Gasteiger partial charge < -0.3 is 4.90 Å². The maximum absolute atomic E-state index is 2.45. The Morgan fingerprint density at radius 3 is 1.36 bits per heavy atom. The predicted octanol–water partition coefficient (Wildman–Crippen LogP) is 15.3. The van der Waals surface area contributed by atoms with Gasteiger partial charge in [-0.15, -0.1) is 0 Å². The van der Waals surface area contributed by atoms with Gasteiger partial charge >= 0.3 is 0 Å². The Labute approximate surface area is 329 Å². The highest BCUT2D eigenvalue weighted by atomic mass is 15.1. The van der Waals surface area contributed by atoms with E-state index in [0.29, 0.717) is 0 Å². The molecule has 0 heterocycles. The molecular weight excluding hydrogens is 675 g/mol. The van der Waals surface area contributed by atoms with E-state index in [4.69, 9.17) is 0 Å². The first-order valence-corrected chi connectivity index (χ1v) is 19.5. The molecule has 0 bridgehead atoms. The molecule has 0 N–H and O–H groups in total. The Bertz CT molecular complexity index is 2750. The lowest BCUT2D eigenvalue weighted by Crippen LogP contribution is -2.14. The molecule has 0 atom stereocenters. The molecule has 0 unspecified atom stereocenters. The summed E-state index contributed by atoms with van der Waals surface area (Å²) >= 11 is 0. The third kappa shape index (κ3) is 5.81. The first-order valence-electron chi connectivity index (χ1n) is 19.5. The fraction of sp³-hybridized carbons (Fsp3) is 0.0545. The predicted molar refractivity (Wildman–Crippen MR) is 238 cm³/mol. The van der Waals surface area contributed by atoms with E-state index in [2.05, 4.69) is 231 Å². The second-order valence-corrected chi connectivity index (χ2v) is 15.4. The van der Waals surface area contributed by atoms with Crippen molar-refractivity contribution in [2.45, 2.75) is 19.3 Å². The largest absolute Gasteiger partial charge is 0.310 e. The van der Waals surface area contributed by atoms with Crippen molar-refractivity contribution in [2.24, 2.45) is 0 Å². The zero-order chi connectivity index (χ0) is 37.6. The van der Waals surface area contributed by atoms with Crippen molar-refractivity contribution in [3.63, 3.8) is 0 Å². The summed E-state index contributed by atoms with van der Waals surface area (Å²) < 4.78 is 0. The molecule has 9 aromatic carbocycles. The molecule has 0 aliphatic heterocycles. The van der Waals surface area contributed by atoms with Crippen LogP contribution < -0.4 is 4.90 Å². The maximum atomic E-state index is 2.45. The monoisotopic (exact) mass is 715 g/mol. The number of fused-ring (bicyclic) bond motifs is 4. The summed E-state index contributed by atoms with van der Waals surface area (Å²) in [4.78, 5) is 2.44. The normalized spacial score (nSPS) is 12.6. The van der Waals surface area contributed by atoms with Crippen molar-refractivity contribution >= 4 is 27.8 Å². The number of hydrogen-bond acceptors (Lipinski definition) is 1. The number of benzene rings is 9. The minimum Gasteiger partial charge on any atom is -0.310 e. The second kappa shape index (κ2) is 13.7. The highest BCUT2D eigenvalue weighted by molar-refractivity contribution is 6.08. The molecule has 0 fully saturated rings. The van der Waals surface area contributed by atoms with Crippen LogP contribution in [0.5, 0.6) is 0 Å². The van der Waals surface area contributed by atoms with Crippen LogP contribution in [-0.4, -0.2) is 0 Å². The first kappa shape index (κ1) is 33.6. The molecule has 10 rings (SSSR count). The summed E-state index contributed by atoms with van der Waals surface area (Å²) in [5.41, 5.74) is 18.4. The SMILES string of the molecule is CC1(C)c2ccccc2-c2ccc(-c3cccc4c(N(c5ccc(-c6ccccc6)cc5)c5ccc(-c6ccccc6)cc5)cc(-c5ccccc5)cc34)cc21. The molecule has 1 heteroatoms. The fourth-order valence-corrected chi connectivity index (χ4v) is 8.77. The summed E-state index contributed by atoms with van der Waals surface area (Å²) in [5.74, 6) is 0. The molecule has 0 saturated heterocycles. The van der Waals surface area contributed by atoms with Gasteiger partial charge in [0.15, 0.2) is 0 Å². The van der Waals surface area contributed by atoms with Crippen LogP contribution in [0.2, 0.25) is 0 Å². The van der Waals surface area contributed by atoms with Crippen LogP contribution in [0.1, 0.15) is 25.0 Å². The van der Waals surface area contributed by atoms with E-state index in [-0.39, 0.29) is 5.41 Å². The number of anilines is 3. The van der Waals surface area contributed by atoms with Gasteiger partial charge in [0, 0.05) is 22.2 Å². The highest BCUT2D eigenvalue weighted by Crippen LogP contribution is 2.51. The summed E-state index contributed by atoms with van der Waals surface area (Å²) in [6.07, 6.45) is 0. The van der Waals surface area contributed by atoms with Crippen LogP contribution in [-0.2, 0) is 5.41 Å². The Kier molecular flexibility index (Phi) is 8.23. The molecule has 1 aliphatic carbocycles. The van der Waals surface area contributed by atoms with Crippen LogP contribution in [0.4, 0.5) is 17.1 Å². The van der Waals surface area contributed by atoms with Gasteiger partial charge in [0.2, 0.25) is 0 Å². The minimum absolute atomic E-state index is 0.0818. The molecule has 0 saturated carbocycles. The van der Waals surface area contributed by atoms with Gasteiger partial charge in [-0.05, 0) is 115 Å². The molecular formula is C55H41N. The molecule has 266 valence electrons. The molecule has 0 aromatic heterocycles. The smallest absolute Gasteiger partial charge is 0.0546 e. The summed E-state index contributed by atoms with van der Waals surface area (Å²) in [5, 5.41) is 2.42. The van der Waals surface area contributed by atoms with E-state index in [1.807, 2.05) is 0 Å². The summed E-state index contributed by atoms with van der Waals surface area (Å²) in [7, 11) is 0.